The van der Waals surface area contributed by atoms with Gasteiger partial charge in [0.15, 0.2) is 0 Å². The maximum atomic E-state index is 11.0. The lowest BCUT2D eigenvalue weighted by molar-refractivity contribution is -0.385. The SMILES string of the molecule is CNC(Cc1cc(Br)ccc1[N+](=O)[O-])CC(C)C. The number of hydrogen-bond acceptors (Lipinski definition) is 3. The molecule has 0 radical (unpaired) electrons. The molecule has 0 aromatic heterocycles. The molecule has 0 aliphatic heterocycles. The summed E-state index contributed by atoms with van der Waals surface area (Å²) in [5.74, 6) is 0.564. The lowest BCUT2D eigenvalue weighted by Crippen LogP contribution is -2.29. The highest BCUT2D eigenvalue weighted by Crippen LogP contribution is 2.25. The van der Waals surface area contributed by atoms with Gasteiger partial charge in [-0.2, -0.15) is 0 Å². The van der Waals surface area contributed by atoms with E-state index in [1.54, 1.807) is 12.1 Å². The second-order valence-corrected chi connectivity index (χ2v) is 5.77. The van der Waals surface area contributed by atoms with Gasteiger partial charge < -0.3 is 5.32 Å². The van der Waals surface area contributed by atoms with Crippen LogP contribution in [0.3, 0.4) is 0 Å². The van der Waals surface area contributed by atoms with Crippen LogP contribution >= 0.6 is 15.9 Å². The Morgan fingerprint density at radius 1 is 1.44 bits per heavy atom. The quantitative estimate of drug-likeness (QED) is 0.645. The van der Waals surface area contributed by atoms with E-state index in [9.17, 15) is 10.1 Å². The molecule has 0 saturated carbocycles. The van der Waals surface area contributed by atoms with E-state index in [0.29, 0.717) is 12.3 Å². The molecule has 1 N–H and O–H groups in total. The van der Waals surface area contributed by atoms with Crippen LogP contribution in [-0.2, 0) is 6.42 Å². The van der Waals surface area contributed by atoms with Gasteiger partial charge in [0, 0.05) is 22.1 Å². The van der Waals surface area contributed by atoms with Gasteiger partial charge in [0.25, 0.3) is 5.69 Å². The van der Waals surface area contributed by atoms with Crippen molar-refractivity contribution in [2.24, 2.45) is 5.92 Å². The van der Waals surface area contributed by atoms with Gasteiger partial charge in [0.2, 0.25) is 0 Å². The third-order valence-corrected chi connectivity index (χ3v) is 3.36. The molecule has 1 aromatic rings. The van der Waals surface area contributed by atoms with Crippen molar-refractivity contribution >= 4 is 21.6 Å². The van der Waals surface area contributed by atoms with Crippen molar-refractivity contribution < 1.29 is 4.92 Å². The zero-order valence-corrected chi connectivity index (χ0v) is 12.5. The second kappa shape index (κ2) is 6.85. The topological polar surface area (TPSA) is 55.2 Å². The summed E-state index contributed by atoms with van der Waals surface area (Å²) in [7, 11) is 1.90. The van der Waals surface area contributed by atoms with Crippen LogP contribution in [0.25, 0.3) is 0 Å². The van der Waals surface area contributed by atoms with Crippen molar-refractivity contribution in [3.8, 4) is 0 Å². The number of likely N-dealkylation sites (N-methyl/N-ethyl adjacent to an activating group) is 1. The van der Waals surface area contributed by atoms with Gasteiger partial charge in [-0.1, -0.05) is 29.8 Å². The molecule has 0 aliphatic carbocycles. The molecule has 100 valence electrons. The number of benzene rings is 1. The van der Waals surface area contributed by atoms with Crippen molar-refractivity contribution in [3.63, 3.8) is 0 Å². The van der Waals surface area contributed by atoms with Crippen LogP contribution in [0.2, 0.25) is 0 Å². The lowest BCUT2D eigenvalue weighted by atomic mass is 9.96. The van der Waals surface area contributed by atoms with E-state index < -0.39 is 0 Å². The van der Waals surface area contributed by atoms with Crippen molar-refractivity contribution in [2.75, 3.05) is 7.05 Å². The predicted molar refractivity (Wildman–Crippen MR) is 76.8 cm³/mol. The Morgan fingerprint density at radius 3 is 2.61 bits per heavy atom. The summed E-state index contributed by atoms with van der Waals surface area (Å²) in [5.41, 5.74) is 0.969. The van der Waals surface area contributed by atoms with E-state index in [1.807, 2.05) is 13.1 Å². The Morgan fingerprint density at radius 2 is 2.11 bits per heavy atom. The molecular formula is C13H19BrN2O2. The van der Waals surface area contributed by atoms with E-state index >= 15 is 0 Å². The fraction of sp³-hybridized carbons (Fsp3) is 0.538. The van der Waals surface area contributed by atoms with Crippen LogP contribution in [0.5, 0.6) is 0 Å². The minimum Gasteiger partial charge on any atom is -0.317 e. The highest BCUT2D eigenvalue weighted by molar-refractivity contribution is 9.10. The van der Waals surface area contributed by atoms with Crippen LogP contribution in [0.15, 0.2) is 22.7 Å². The number of rotatable bonds is 6. The number of nitro benzene ring substituents is 1. The summed E-state index contributed by atoms with van der Waals surface area (Å²) in [6.07, 6.45) is 1.67. The number of hydrogen-bond donors (Lipinski definition) is 1. The van der Waals surface area contributed by atoms with Crippen molar-refractivity contribution in [1.82, 2.24) is 5.32 Å². The number of nitrogens with one attached hydrogen (secondary N) is 1. The molecule has 1 aromatic carbocycles. The smallest absolute Gasteiger partial charge is 0.272 e. The predicted octanol–water partition coefficient (Wildman–Crippen LogP) is 3.53. The molecular weight excluding hydrogens is 296 g/mol. The van der Waals surface area contributed by atoms with E-state index in [-0.39, 0.29) is 16.7 Å². The number of nitrogens with zero attached hydrogens (tertiary/aromatic N) is 1. The van der Waals surface area contributed by atoms with Gasteiger partial charge in [-0.25, -0.2) is 0 Å². The lowest BCUT2D eigenvalue weighted by Gasteiger charge is -2.18. The average molecular weight is 315 g/mol. The molecule has 5 heteroatoms. The monoisotopic (exact) mass is 314 g/mol. The molecule has 0 saturated heterocycles. The van der Waals surface area contributed by atoms with Crippen molar-refractivity contribution in [3.05, 3.63) is 38.3 Å². The largest absolute Gasteiger partial charge is 0.317 e. The van der Waals surface area contributed by atoms with Crippen LogP contribution in [0.4, 0.5) is 5.69 Å². The van der Waals surface area contributed by atoms with Gasteiger partial charge in [-0.3, -0.25) is 10.1 Å². The molecule has 0 bridgehead atoms. The van der Waals surface area contributed by atoms with Crippen LogP contribution in [0, 0.1) is 16.0 Å². The van der Waals surface area contributed by atoms with Gasteiger partial charge in [0.05, 0.1) is 4.92 Å². The van der Waals surface area contributed by atoms with E-state index in [4.69, 9.17) is 0 Å². The summed E-state index contributed by atoms with van der Waals surface area (Å²) in [5, 5.41) is 14.2. The molecule has 0 amide bonds. The average Bonchev–Trinajstić information content (AvgIpc) is 2.27. The Kier molecular flexibility index (Phi) is 5.75. The molecule has 1 unspecified atom stereocenters. The van der Waals surface area contributed by atoms with Crippen molar-refractivity contribution in [2.45, 2.75) is 32.7 Å². The summed E-state index contributed by atoms with van der Waals surface area (Å²) in [6.45, 7) is 4.30. The maximum absolute atomic E-state index is 11.0. The second-order valence-electron chi connectivity index (χ2n) is 4.85. The summed E-state index contributed by atoms with van der Waals surface area (Å²) < 4.78 is 0.877. The van der Waals surface area contributed by atoms with E-state index in [0.717, 1.165) is 16.5 Å². The first-order valence-corrected chi connectivity index (χ1v) is 6.83. The molecule has 1 rings (SSSR count). The Hall–Kier alpha value is -0.940. The van der Waals surface area contributed by atoms with Gasteiger partial charge in [-0.15, -0.1) is 0 Å². The van der Waals surface area contributed by atoms with Gasteiger partial charge in [-0.05, 0) is 37.9 Å². The van der Waals surface area contributed by atoms with E-state index in [1.165, 1.54) is 0 Å². The maximum Gasteiger partial charge on any atom is 0.272 e. The Balaban J connectivity index is 2.93. The van der Waals surface area contributed by atoms with Crippen LogP contribution < -0.4 is 5.32 Å². The minimum atomic E-state index is -0.316. The standard InChI is InChI=1S/C13H19BrN2O2/c1-9(2)6-12(15-3)8-10-7-11(14)4-5-13(10)16(17)18/h4-5,7,9,12,15H,6,8H2,1-3H3. The first-order chi connectivity index (χ1) is 8.43. The first-order valence-electron chi connectivity index (χ1n) is 6.04. The summed E-state index contributed by atoms with van der Waals surface area (Å²) >= 11 is 3.37. The first kappa shape index (κ1) is 15.1. The highest BCUT2D eigenvalue weighted by Gasteiger charge is 2.18. The van der Waals surface area contributed by atoms with Gasteiger partial charge >= 0.3 is 0 Å². The summed E-state index contributed by atoms with van der Waals surface area (Å²) in [4.78, 5) is 10.7. The minimum absolute atomic E-state index is 0.196. The van der Waals surface area contributed by atoms with Crippen LogP contribution in [0.1, 0.15) is 25.8 Å². The zero-order chi connectivity index (χ0) is 13.7. The Bertz CT molecular complexity index is 421. The van der Waals surface area contributed by atoms with Crippen molar-refractivity contribution in [1.29, 1.82) is 0 Å². The normalized spacial score (nSPS) is 12.7. The fourth-order valence-corrected chi connectivity index (χ4v) is 2.44. The van der Waals surface area contributed by atoms with Crippen LogP contribution in [-0.4, -0.2) is 18.0 Å². The number of halogens is 1. The third-order valence-electron chi connectivity index (χ3n) is 2.87. The molecule has 0 spiro atoms. The molecule has 4 nitrogen and oxygen atoms in total. The molecule has 0 heterocycles. The molecule has 1 atom stereocenters. The van der Waals surface area contributed by atoms with E-state index in [2.05, 4.69) is 35.1 Å². The summed E-state index contributed by atoms with van der Waals surface area (Å²) in [6, 6.07) is 5.36. The Labute approximate surface area is 116 Å². The number of nitro groups is 1. The fourth-order valence-electron chi connectivity index (χ4n) is 2.03. The molecule has 0 fully saturated rings. The molecule has 0 aliphatic rings. The van der Waals surface area contributed by atoms with Gasteiger partial charge in [0.1, 0.15) is 0 Å². The molecule has 18 heavy (non-hydrogen) atoms. The highest BCUT2D eigenvalue weighted by atomic mass is 79.9. The third kappa shape index (κ3) is 4.38. The zero-order valence-electron chi connectivity index (χ0n) is 10.9.